The average molecular weight is 310 g/mol. The first-order valence-corrected chi connectivity index (χ1v) is 7.48. The lowest BCUT2D eigenvalue weighted by atomic mass is 10.1. The maximum atomic E-state index is 11.9. The van der Waals surface area contributed by atoms with Gasteiger partial charge in [-0.15, -0.1) is 0 Å². The predicted molar refractivity (Wildman–Crippen MR) is 90.0 cm³/mol. The van der Waals surface area contributed by atoms with Crippen LogP contribution in [0.5, 0.6) is 0 Å². The maximum absolute atomic E-state index is 11.9. The van der Waals surface area contributed by atoms with Gasteiger partial charge in [0.2, 0.25) is 11.8 Å². The largest absolute Gasteiger partial charge is 0.382 e. The topological polar surface area (TPSA) is 88.3 Å². The molecule has 118 valence electrons. The molecule has 2 heterocycles. The minimum atomic E-state index is -0.124. The molecule has 1 saturated heterocycles. The quantitative estimate of drug-likeness (QED) is 0.911. The molecule has 6 nitrogen and oxygen atoms in total. The van der Waals surface area contributed by atoms with Crippen LogP contribution in [0.1, 0.15) is 19.8 Å². The molecule has 3 N–H and O–H groups in total. The molecule has 0 radical (unpaired) electrons. The molecule has 1 aliphatic heterocycles. The number of nitrogen functional groups attached to an aromatic ring is 1. The number of pyridine rings is 1. The van der Waals surface area contributed by atoms with Gasteiger partial charge in [-0.25, -0.2) is 4.98 Å². The molecule has 1 fully saturated rings. The summed E-state index contributed by atoms with van der Waals surface area (Å²) in [6.45, 7) is 2.13. The first-order chi connectivity index (χ1) is 11.0. The maximum Gasteiger partial charge on any atom is 0.227 e. The first kappa shape index (κ1) is 15.0. The molecular formula is C17H18N4O2. The molecule has 0 aliphatic carbocycles. The first-order valence-electron chi connectivity index (χ1n) is 7.48. The van der Waals surface area contributed by atoms with Crippen molar-refractivity contribution in [2.45, 2.75) is 19.8 Å². The van der Waals surface area contributed by atoms with E-state index in [1.165, 1.54) is 6.92 Å². The standard InChI is InChI=1S/C17H18N4O2/c1-11(22)20-14-5-2-4-12(8-14)13-9-15(17(18)19-10-13)21-7-3-6-16(21)23/h2,4-5,8-10H,3,6-7H2,1H3,(H2,18,19)(H,20,22). The highest BCUT2D eigenvalue weighted by atomic mass is 16.2. The fourth-order valence-corrected chi connectivity index (χ4v) is 2.72. The number of carbonyl (C=O) groups excluding carboxylic acids is 2. The van der Waals surface area contributed by atoms with E-state index in [-0.39, 0.29) is 11.8 Å². The molecule has 0 atom stereocenters. The van der Waals surface area contributed by atoms with E-state index >= 15 is 0 Å². The van der Waals surface area contributed by atoms with Crippen LogP contribution in [0.25, 0.3) is 11.1 Å². The number of nitrogens with one attached hydrogen (secondary N) is 1. The molecule has 2 amide bonds. The Morgan fingerprint density at radius 3 is 2.83 bits per heavy atom. The van der Waals surface area contributed by atoms with E-state index in [0.29, 0.717) is 30.2 Å². The van der Waals surface area contributed by atoms with E-state index in [0.717, 1.165) is 17.5 Å². The molecule has 1 aromatic carbocycles. The summed E-state index contributed by atoms with van der Waals surface area (Å²) in [5.74, 6) is 0.297. The van der Waals surface area contributed by atoms with Gasteiger partial charge in [-0.1, -0.05) is 12.1 Å². The van der Waals surface area contributed by atoms with Crippen molar-refractivity contribution in [3.8, 4) is 11.1 Å². The number of rotatable bonds is 3. The summed E-state index contributed by atoms with van der Waals surface area (Å²) in [4.78, 5) is 29.0. The van der Waals surface area contributed by atoms with E-state index in [2.05, 4.69) is 10.3 Å². The van der Waals surface area contributed by atoms with Crippen LogP contribution in [0.15, 0.2) is 36.5 Å². The summed E-state index contributed by atoms with van der Waals surface area (Å²) >= 11 is 0. The van der Waals surface area contributed by atoms with Crippen molar-refractivity contribution >= 4 is 29.0 Å². The van der Waals surface area contributed by atoms with E-state index < -0.39 is 0 Å². The average Bonchev–Trinajstić information content (AvgIpc) is 2.93. The minimum Gasteiger partial charge on any atom is -0.382 e. The SMILES string of the molecule is CC(=O)Nc1cccc(-c2cnc(N)c(N3CCCC3=O)c2)c1. The van der Waals surface area contributed by atoms with Gasteiger partial charge in [0, 0.05) is 37.3 Å². The molecular weight excluding hydrogens is 292 g/mol. The van der Waals surface area contributed by atoms with Crippen LogP contribution in [0.3, 0.4) is 0 Å². The molecule has 2 aromatic rings. The lowest BCUT2D eigenvalue weighted by Crippen LogP contribution is -2.25. The zero-order valence-corrected chi connectivity index (χ0v) is 12.9. The zero-order chi connectivity index (χ0) is 16.4. The Hall–Kier alpha value is -2.89. The number of amides is 2. The highest BCUT2D eigenvalue weighted by molar-refractivity contribution is 5.98. The van der Waals surface area contributed by atoms with Crippen molar-refractivity contribution in [1.29, 1.82) is 0 Å². The number of aromatic nitrogens is 1. The van der Waals surface area contributed by atoms with Gasteiger partial charge in [0.25, 0.3) is 0 Å². The second kappa shape index (κ2) is 6.08. The Balaban J connectivity index is 1.97. The molecule has 0 saturated carbocycles. The van der Waals surface area contributed by atoms with Crippen molar-refractivity contribution < 1.29 is 9.59 Å². The molecule has 1 aromatic heterocycles. The molecule has 0 bridgehead atoms. The third-order valence-corrected chi connectivity index (χ3v) is 3.78. The van der Waals surface area contributed by atoms with Crippen molar-refractivity contribution in [3.63, 3.8) is 0 Å². The Morgan fingerprint density at radius 1 is 1.30 bits per heavy atom. The Kier molecular flexibility index (Phi) is 3.97. The highest BCUT2D eigenvalue weighted by Gasteiger charge is 2.24. The number of hydrogen-bond donors (Lipinski definition) is 2. The number of benzene rings is 1. The number of carbonyl (C=O) groups is 2. The molecule has 23 heavy (non-hydrogen) atoms. The van der Waals surface area contributed by atoms with Crippen LogP contribution >= 0.6 is 0 Å². The summed E-state index contributed by atoms with van der Waals surface area (Å²) in [6, 6.07) is 9.34. The molecule has 0 unspecified atom stereocenters. The second-order valence-electron chi connectivity index (χ2n) is 5.54. The number of nitrogens with two attached hydrogens (primary N) is 1. The minimum absolute atomic E-state index is 0.0719. The lowest BCUT2D eigenvalue weighted by molar-refractivity contribution is -0.117. The molecule has 1 aliphatic rings. The van der Waals surface area contributed by atoms with Gasteiger partial charge >= 0.3 is 0 Å². The summed E-state index contributed by atoms with van der Waals surface area (Å²) < 4.78 is 0. The number of nitrogens with zero attached hydrogens (tertiary/aromatic N) is 2. The fraction of sp³-hybridized carbons (Fsp3) is 0.235. The van der Waals surface area contributed by atoms with Gasteiger partial charge in [0.05, 0.1) is 5.69 Å². The van der Waals surface area contributed by atoms with Crippen LogP contribution in [0.4, 0.5) is 17.2 Å². The summed E-state index contributed by atoms with van der Waals surface area (Å²) in [5.41, 5.74) is 9.05. The third-order valence-electron chi connectivity index (χ3n) is 3.78. The normalized spacial score (nSPS) is 14.1. The Morgan fingerprint density at radius 2 is 2.13 bits per heavy atom. The van der Waals surface area contributed by atoms with Crippen LogP contribution in [-0.2, 0) is 9.59 Å². The second-order valence-corrected chi connectivity index (χ2v) is 5.54. The van der Waals surface area contributed by atoms with Gasteiger partial charge in [0.1, 0.15) is 5.82 Å². The molecule has 3 rings (SSSR count). The monoisotopic (exact) mass is 310 g/mol. The van der Waals surface area contributed by atoms with Crippen molar-refractivity contribution in [2.24, 2.45) is 0 Å². The van der Waals surface area contributed by atoms with Crippen LogP contribution in [0, 0.1) is 0 Å². The Labute approximate surface area is 134 Å². The molecule has 6 heteroatoms. The van der Waals surface area contributed by atoms with Crippen molar-refractivity contribution in [2.75, 3.05) is 22.5 Å². The Bertz CT molecular complexity index is 773. The summed E-state index contributed by atoms with van der Waals surface area (Å²) in [5, 5.41) is 2.75. The van der Waals surface area contributed by atoms with Crippen LogP contribution in [-0.4, -0.2) is 23.3 Å². The predicted octanol–water partition coefficient (Wildman–Crippen LogP) is 2.42. The zero-order valence-electron chi connectivity index (χ0n) is 12.9. The van der Waals surface area contributed by atoms with Gasteiger partial charge < -0.3 is 16.0 Å². The highest BCUT2D eigenvalue weighted by Crippen LogP contribution is 2.31. The van der Waals surface area contributed by atoms with Crippen molar-refractivity contribution in [1.82, 2.24) is 4.98 Å². The summed E-state index contributed by atoms with van der Waals surface area (Å²) in [6.07, 6.45) is 3.05. The van der Waals surface area contributed by atoms with E-state index in [1.807, 2.05) is 30.3 Å². The number of hydrogen-bond acceptors (Lipinski definition) is 4. The van der Waals surface area contributed by atoms with Gasteiger partial charge in [0.15, 0.2) is 0 Å². The van der Waals surface area contributed by atoms with Crippen molar-refractivity contribution in [3.05, 3.63) is 36.5 Å². The fourth-order valence-electron chi connectivity index (χ4n) is 2.72. The van der Waals surface area contributed by atoms with Gasteiger partial charge in [-0.3, -0.25) is 9.59 Å². The van der Waals surface area contributed by atoms with E-state index in [1.54, 1.807) is 11.1 Å². The van der Waals surface area contributed by atoms with Crippen LogP contribution < -0.4 is 16.0 Å². The third kappa shape index (κ3) is 3.15. The lowest BCUT2D eigenvalue weighted by Gasteiger charge is -2.18. The summed E-state index contributed by atoms with van der Waals surface area (Å²) in [7, 11) is 0. The van der Waals surface area contributed by atoms with E-state index in [9.17, 15) is 9.59 Å². The van der Waals surface area contributed by atoms with Gasteiger partial charge in [-0.05, 0) is 30.2 Å². The smallest absolute Gasteiger partial charge is 0.227 e. The molecule has 0 spiro atoms. The van der Waals surface area contributed by atoms with Gasteiger partial charge in [-0.2, -0.15) is 0 Å². The number of anilines is 3. The van der Waals surface area contributed by atoms with Crippen LogP contribution in [0.2, 0.25) is 0 Å². The van der Waals surface area contributed by atoms with E-state index in [4.69, 9.17) is 5.73 Å².